The van der Waals surface area contributed by atoms with Crippen LogP contribution in [-0.2, 0) is 28.0 Å². The summed E-state index contributed by atoms with van der Waals surface area (Å²) in [5, 5.41) is 31.0. The van der Waals surface area contributed by atoms with Crippen molar-refractivity contribution in [3.05, 3.63) is 187 Å². The molecule has 5 aromatic carbocycles. The molecule has 286 valence electrons. The molecule has 1 fully saturated rings. The van der Waals surface area contributed by atoms with E-state index in [0.717, 1.165) is 22.8 Å². The number of amides is 1. The van der Waals surface area contributed by atoms with Gasteiger partial charge in [-0.05, 0) is 42.7 Å². The molecule has 0 atom stereocenters. The Bertz CT molecular complexity index is 2140. The van der Waals surface area contributed by atoms with Gasteiger partial charge in [0.25, 0.3) is 17.3 Å². The SMILES string of the molecule is CC(=O)Cc1ccc(C(=O)N2CCN(C(c3ccccc3)(c3ccccc3)c3ccccc3)CC2)cc1[N+](=O)[O-].CC(=O)Cc1ccc(C(=O)O)cc1[N+](=O)[O-]. The molecule has 0 aromatic heterocycles. The van der Waals surface area contributed by atoms with Crippen molar-refractivity contribution >= 4 is 34.8 Å². The fourth-order valence-electron chi connectivity index (χ4n) is 7.08. The van der Waals surface area contributed by atoms with Gasteiger partial charge < -0.3 is 10.0 Å². The first-order valence-electron chi connectivity index (χ1n) is 17.8. The predicted octanol–water partition coefficient (Wildman–Crippen LogP) is 6.90. The molecular weight excluding hydrogens is 716 g/mol. The zero-order chi connectivity index (χ0) is 40.4. The molecule has 0 radical (unpaired) electrons. The normalized spacial score (nSPS) is 12.9. The van der Waals surface area contributed by atoms with Crippen LogP contribution in [0.4, 0.5) is 11.4 Å². The molecule has 1 aliphatic heterocycles. The first-order valence-corrected chi connectivity index (χ1v) is 17.8. The zero-order valence-electron chi connectivity index (χ0n) is 30.9. The van der Waals surface area contributed by atoms with Gasteiger partial charge in [0.2, 0.25) is 0 Å². The van der Waals surface area contributed by atoms with E-state index in [-0.39, 0.29) is 58.4 Å². The van der Waals surface area contributed by atoms with Gasteiger partial charge in [-0.1, -0.05) is 103 Å². The molecule has 6 rings (SSSR count). The third kappa shape index (κ3) is 9.08. The summed E-state index contributed by atoms with van der Waals surface area (Å²) in [6, 6.07) is 39.2. The number of rotatable bonds is 12. The summed E-state index contributed by atoms with van der Waals surface area (Å²) < 4.78 is 0. The highest BCUT2D eigenvalue weighted by atomic mass is 16.6. The molecule has 0 saturated carbocycles. The number of nitro groups is 2. The van der Waals surface area contributed by atoms with Gasteiger partial charge in [0, 0.05) is 67.8 Å². The number of benzene rings is 5. The van der Waals surface area contributed by atoms with Crippen LogP contribution in [0, 0.1) is 20.2 Å². The Labute approximate surface area is 323 Å². The number of Topliss-reactive ketones (excluding diaryl/α,β-unsaturated/α-hetero) is 2. The van der Waals surface area contributed by atoms with E-state index in [2.05, 4.69) is 77.7 Å². The average Bonchev–Trinajstić information content (AvgIpc) is 3.19. The maximum Gasteiger partial charge on any atom is 0.335 e. The number of carbonyl (C=O) groups is 4. The van der Waals surface area contributed by atoms with Crippen LogP contribution in [0.3, 0.4) is 0 Å². The number of hydrogen-bond donors (Lipinski definition) is 1. The summed E-state index contributed by atoms with van der Waals surface area (Å²) in [4.78, 5) is 71.9. The Hall–Kier alpha value is -6.86. The first-order chi connectivity index (χ1) is 26.8. The molecule has 1 heterocycles. The van der Waals surface area contributed by atoms with Gasteiger partial charge >= 0.3 is 5.97 Å². The van der Waals surface area contributed by atoms with Gasteiger partial charge in [-0.15, -0.1) is 0 Å². The minimum Gasteiger partial charge on any atom is -0.478 e. The Morgan fingerprint density at radius 1 is 0.589 bits per heavy atom. The van der Waals surface area contributed by atoms with Crippen LogP contribution >= 0.6 is 0 Å². The smallest absolute Gasteiger partial charge is 0.335 e. The summed E-state index contributed by atoms with van der Waals surface area (Å²) in [5.74, 6) is -1.87. The summed E-state index contributed by atoms with van der Waals surface area (Å²) in [6.45, 7) is 4.85. The van der Waals surface area contributed by atoms with Crippen molar-refractivity contribution in [3.63, 3.8) is 0 Å². The maximum absolute atomic E-state index is 13.5. The van der Waals surface area contributed by atoms with Crippen molar-refractivity contribution in [3.8, 4) is 0 Å². The number of ketones is 2. The Morgan fingerprint density at radius 3 is 1.32 bits per heavy atom. The van der Waals surface area contributed by atoms with Crippen LogP contribution in [0.2, 0.25) is 0 Å². The van der Waals surface area contributed by atoms with Gasteiger partial charge in [-0.25, -0.2) is 4.79 Å². The third-order valence-corrected chi connectivity index (χ3v) is 9.55. The highest BCUT2D eigenvalue weighted by Crippen LogP contribution is 2.43. The predicted molar refractivity (Wildman–Crippen MR) is 209 cm³/mol. The molecule has 0 bridgehead atoms. The van der Waals surface area contributed by atoms with Gasteiger partial charge in [0.1, 0.15) is 11.6 Å². The molecule has 0 spiro atoms. The molecule has 56 heavy (non-hydrogen) atoms. The Morgan fingerprint density at radius 2 is 0.964 bits per heavy atom. The first kappa shape index (κ1) is 40.3. The van der Waals surface area contributed by atoms with E-state index in [1.807, 2.05) is 18.2 Å². The molecule has 13 heteroatoms. The van der Waals surface area contributed by atoms with E-state index < -0.39 is 21.4 Å². The van der Waals surface area contributed by atoms with Crippen molar-refractivity contribution < 1.29 is 34.1 Å². The lowest BCUT2D eigenvalue weighted by Gasteiger charge is -2.49. The zero-order valence-corrected chi connectivity index (χ0v) is 30.9. The van der Waals surface area contributed by atoms with Crippen LogP contribution in [0.15, 0.2) is 127 Å². The minimum atomic E-state index is -1.24. The number of piperazine rings is 1. The van der Waals surface area contributed by atoms with Crippen LogP contribution in [-0.4, -0.2) is 74.4 Å². The largest absolute Gasteiger partial charge is 0.478 e. The average molecular weight is 757 g/mol. The Balaban J connectivity index is 0.000000315. The number of carboxylic acids is 1. The van der Waals surface area contributed by atoms with Crippen LogP contribution in [0.25, 0.3) is 0 Å². The van der Waals surface area contributed by atoms with E-state index in [1.165, 1.54) is 38.1 Å². The van der Waals surface area contributed by atoms with Crippen molar-refractivity contribution in [1.82, 2.24) is 9.80 Å². The number of carboxylic acid groups (broad SMARTS) is 1. The summed E-state index contributed by atoms with van der Waals surface area (Å²) in [7, 11) is 0. The number of nitro benzene ring substituents is 2. The monoisotopic (exact) mass is 756 g/mol. The minimum absolute atomic E-state index is 0.0377. The molecular formula is C43H40N4O9. The van der Waals surface area contributed by atoms with Gasteiger partial charge in [0.05, 0.1) is 20.9 Å². The number of nitrogens with zero attached hydrogens (tertiary/aromatic N) is 4. The highest BCUT2D eigenvalue weighted by Gasteiger charge is 2.43. The number of aromatic carboxylic acids is 1. The van der Waals surface area contributed by atoms with E-state index in [0.29, 0.717) is 31.7 Å². The molecule has 13 nitrogen and oxygen atoms in total. The summed E-state index contributed by atoms with van der Waals surface area (Å²) >= 11 is 0. The Kier molecular flexibility index (Phi) is 12.9. The lowest BCUT2D eigenvalue weighted by atomic mass is 9.75. The van der Waals surface area contributed by atoms with Crippen LogP contribution in [0.1, 0.15) is 62.4 Å². The van der Waals surface area contributed by atoms with Crippen molar-refractivity contribution in [1.29, 1.82) is 0 Å². The molecule has 1 N–H and O–H groups in total. The highest BCUT2D eigenvalue weighted by molar-refractivity contribution is 5.95. The van der Waals surface area contributed by atoms with Gasteiger partial charge in [-0.2, -0.15) is 0 Å². The quantitative estimate of drug-likeness (QED) is 0.0799. The van der Waals surface area contributed by atoms with Crippen LogP contribution in [0.5, 0.6) is 0 Å². The molecule has 0 unspecified atom stereocenters. The molecule has 5 aromatic rings. The van der Waals surface area contributed by atoms with Gasteiger partial charge in [0.15, 0.2) is 0 Å². The second kappa shape index (κ2) is 18.0. The number of carbonyl (C=O) groups excluding carboxylic acids is 3. The molecule has 0 aliphatic carbocycles. The van der Waals surface area contributed by atoms with E-state index in [9.17, 15) is 39.4 Å². The van der Waals surface area contributed by atoms with Crippen molar-refractivity contribution in [2.24, 2.45) is 0 Å². The second-order valence-electron chi connectivity index (χ2n) is 13.4. The van der Waals surface area contributed by atoms with E-state index in [4.69, 9.17) is 5.11 Å². The molecule has 1 aliphatic rings. The van der Waals surface area contributed by atoms with Crippen molar-refractivity contribution in [2.45, 2.75) is 32.2 Å². The summed E-state index contributed by atoms with van der Waals surface area (Å²) in [5.41, 5.74) is 2.96. The second-order valence-corrected chi connectivity index (χ2v) is 13.4. The third-order valence-electron chi connectivity index (χ3n) is 9.55. The number of hydrogen-bond acceptors (Lipinski definition) is 9. The van der Waals surface area contributed by atoms with Gasteiger partial charge in [-0.3, -0.25) is 39.5 Å². The lowest BCUT2D eigenvalue weighted by molar-refractivity contribution is -0.385. The fraction of sp³-hybridized carbons (Fsp3) is 0.209. The van der Waals surface area contributed by atoms with Crippen LogP contribution < -0.4 is 0 Å². The topological polar surface area (TPSA) is 181 Å². The summed E-state index contributed by atoms with van der Waals surface area (Å²) in [6.07, 6.45) is -0.111. The van der Waals surface area contributed by atoms with Crippen molar-refractivity contribution in [2.75, 3.05) is 26.2 Å². The standard InChI is InChI=1S/C33H31N3O4.C10H9NO5/c1-25(37)23-26-17-18-27(24-31(26)36(39)40)32(38)34-19-21-35(22-20-34)33(28-11-5-2-6-12-28,29-13-7-3-8-14-29)30-15-9-4-10-16-30;1-6(12)4-7-2-3-8(10(13)14)5-9(7)11(15)16/h2-18,24H,19-23H2,1H3;2-3,5H,4H2,1H3,(H,13,14). The maximum atomic E-state index is 13.5. The lowest BCUT2D eigenvalue weighted by Crippen LogP contribution is -2.57. The van der Waals surface area contributed by atoms with E-state index >= 15 is 0 Å². The fourth-order valence-corrected chi connectivity index (χ4v) is 7.08. The van der Waals surface area contributed by atoms with E-state index in [1.54, 1.807) is 11.0 Å². The molecule has 1 saturated heterocycles. The molecule has 1 amide bonds.